The van der Waals surface area contributed by atoms with Gasteiger partial charge in [0.15, 0.2) is 11.0 Å². The molecule has 2 unspecified atom stereocenters. The second-order valence-electron chi connectivity index (χ2n) is 20.1. The normalized spacial score (nSPS) is 24.4. The Balaban J connectivity index is 1.07. The minimum Gasteiger partial charge on any atom is -0.497 e. The first-order chi connectivity index (χ1) is 35.3. The van der Waals surface area contributed by atoms with Gasteiger partial charge in [-0.3, -0.25) is 19.8 Å². The SMILES string of the molecule is CC[C@H]1CN2CC[C@H]1C[C@@H]2[C@@H](Oc1nnc(O[C@@H](c2ccnc3ccc(OC)cc23)[C@H]2C[C@@H]3CCN2C[C@@H]3CC)c2nc(-c3ccc(Br)cc3)c(-c3ccc(Br)cc3)nc12)c1ccnc2ccc(OC)cc12. The van der Waals surface area contributed by atoms with Gasteiger partial charge in [0.05, 0.1) is 48.7 Å². The fourth-order valence-electron chi connectivity index (χ4n) is 12.6. The molecule has 6 saturated heterocycles. The van der Waals surface area contributed by atoms with E-state index in [4.69, 9.17) is 49.1 Å². The summed E-state index contributed by atoms with van der Waals surface area (Å²) in [7, 11) is 3.40. The standard InChI is InChI=1S/C58H58Br2N8O4/c1-5-33-31-67-25-21-37(33)27-49(67)55(43-19-23-61-47-17-15-41(69-3)29-45(43)47)71-57-53-54(64-52(36-9-13-40(60)14-10-36)51(63-53)35-7-11-39(59)12-8-35)58(66-65-57)72-56(50-28-38-22-26-68(50)32-34(38)6-2)44-20-24-62-48-18-16-42(70-4)30-46(44)48/h7-20,23-24,29-30,33-34,37-38,49-50,55-56H,5-6,21-22,25-28,31-32H2,1-4H3/t33-,34-,37-,38-,49+,50+,55-,56-/m0/s1. The van der Waals surface area contributed by atoms with Gasteiger partial charge in [-0.05, 0) is 135 Å². The molecule has 8 aromatic rings. The van der Waals surface area contributed by atoms with Crippen molar-refractivity contribution in [2.75, 3.05) is 40.4 Å². The molecule has 14 rings (SSSR count). The van der Waals surface area contributed by atoms with E-state index in [9.17, 15) is 0 Å². The lowest BCUT2D eigenvalue weighted by Gasteiger charge is -2.52. The number of rotatable bonds is 14. The number of piperidine rings is 6. The van der Waals surface area contributed by atoms with Crippen molar-refractivity contribution in [3.05, 3.63) is 130 Å². The molecule has 368 valence electrons. The van der Waals surface area contributed by atoms with Crippen LogP contribution in [0.25, 0.3) is 55.4 Å². The number of aromatic nitrogens is 6. The molecule has 6 aliphatic rings. The van der Waals surface area contributed by atoms with E-state index in [0.717, 1.165) is 116 Å². The summed E-state index contributed by atoms with van der Waals surface area (Å²) in [6, 6.07) is 32.8. The lowest BCUT2D eigenvalue weighted by atomic mass is 9.72. The van der Waals surface area contributed by atoms with E-state index in [1.807, 2.05) is 60.9 Å². The highest BCUT2D eigenvalue weighted by atomic mass is 79.9. The maximum Gasteiger partial charge on any atom is 0.262 e. The molecule has 14 heteroatoms. The molecule has 0 aliphatic carbocycles. The van der Waals surface area contributed by atoms with E-state index in [1.165, 1.54) is 12.8 Å². The molecule has 6 fully saturated rings. The number of hydrogen-bond acceptors (Lipinski definition) is 12. The van der Waals surface area contributed by atoms with Crippen LogP contribution in [0.15, 0.2) is 118 Å². The molecule has 4 aromatic heterocycles. The third-order valence-corrected chi connectivity index (χ3v) is 17.5. The molecular formula is C58H58Br2N8O4. The molecule has 0 radical (unpaired) electrons. The largest absolute Gasteiger partial charge is 0.497 e. The monoisotopic (exact) mass is 1090 g/mol. The van der Waals surface area contributed by atoms with Crippen molar-refractivity contribution in [1.82, 2.24) is 39.9 Å². The van der Waals surface area contributed by atoms with Crippen molar-refractivity contribution in [3.63, 3.8) is 0 Å². The molecule has 0 amide bonds. The van der Waals surface area contributed by atoms with Crippen LogP contribution in [-0.4, -0.2) is 92.4 Å². The zero-order valence-electron chi connectivity index (χ0n) is 41.0. The summed E-state index contributed by atoms with van der Waals surface area (Å²) < 4.78 is 28.6. The van der Waals surface area contributed by atoms with Crippen LogP contribution in [0.4, 0.5) is 0 Å². The van der Waals surface area contributed by atoms with Gasteiger partial charge in [0.25, 0.3) is 11.8 Å². The molecule has 4 aromatic carbocycles. The first-order valence-corrected chi connectivity index (χ1v) is 27.1. The van der Waals surface area contributed by atoms with Crippen LogP contribution in [0.5, 0.6) is 23.3 Å². The minimum atomic E-state index is -0.459. The van der Waals surface area contributed by atoms with Crippen LogP contribution >= 0.6 is 31.9 Å². The molecule has 0 N–H and O–H groups in total. The second kappa shape index (κ2) is 19.9. The average Bonchev–Trinajstić information content (AvgIpc) is 3.43. The summed E-state index contributed by atoms with van der Waals surface area (Å²) in [5.74, 6) is 4.57. The van der Waals surface area contributed by atoms with Gasteiger partial charge in [-0.1, -0.05) is 82.8 Å². The predicted octanol–water partition coefficient (Wildman–Crippen LogP) is 12.9. The average molecular weight is 1090 g/mol. The third-order valence-electron chi connectivity index (χ3n) is 16.4. The second-order valence-corrected chi connectivity index (χ2v) is 21.9. The van der Waals surface area contributed by atoms with Gasteiger partial charge in [0, 0.05) is 67.5 Å². The smallest absolute Gasteiger partial charge is 0.262 e. The molecular weight excluding hydrogens is 1030 g/mol. The van der Waals surface area contributed by atoms with Crippen molar-refractivity contribution in [3.8, 4) is 45.8 Å². The van der Waals surface area contributed by atoms with Gasteiger partial charge in [-0.2, -0.15) is 0 Å². The highest BCUT2D eigenvalue weighted by molar-refractivity contribution is 9.10. The predicted molar refractivity (Wildman–Crippen MR) is 288 cm³/mol. The number of fused-ring (bicyclic) bond motifs is 9. The Kier molecular flexibility index (Phi) is 13.1. The molecule has 0 spiro atoms. The maximum absolute atomic E-state index is 7.55. The van der Waals surface area contributed by atoms with Gasteiger partial charge < -0.3 is 18.9 Å². The number of methoxy groups -OCH3 is 2. The van der Waals surface area contributed by atoms with Gasteiger partial charge in [-0.15, -0.1) is 10.2 Å². The number of halogens is 2. The summed E-state index contributed by atoms with van der Waals surface area (Å²) in [5, 5.41) is 12.1. The Labute approximate surface area is 437 Å². The van der Waals surface area contributed by atoms with Gasteiger partial charge >= 0.3 is 0 Å². The van der Waals surface area contributed by atoms with Crippen LogP contribution in [0, 0.1) is 23.7 Å². The van der Waals surface area contributed by atoms with Crippen LogP contribution in [-0.2, 0) is 0 Å². The quantitative estimate of drug-likeness (QED) is 0.103. The van der Waals surface area contributed by atoms with Gasteiger partial charge in [0.2, 0.25) is 0 Å². The van der Waals surface area contributed by atoms with E-state index in [-0.39, 0.29) is 12.1 Å². The van der Waals surface area contributed by atoms with E-state index in [0.29, 0.717) is 57.9 Å². The fourth-order valence-corrected chi connectivity index (χ4v) is 13.1. The minimum absolute atomic E-state index is 0.0566. The Morgan fingerprint density at radius 3 is 1.38 bits per heavy atom. The molecule has 72 heavy (non-hydrogen) atoms. The lowest BCUT2D eigenvalue weighted by Crippen LogP contribution is -2.56. The fraction of sp³-hybridized carbons (Fsp3) is 0.379. The highest BCUT2D eigenvalue weighted by Crippen LogP contribution is 2.48. The van der Waals surface area contributed by atoms with Crippen molar-refractivity contribution < 1.29 is 18.9 Å². The van der Waals surface area contributed by atoms with Crippen molar-refractivity contribution >= 4 is 64.7 Å². The van der Waals surface area contributed by atoms with E-state index in [2.05, 4.69) is 104 Å². The Bertz CT molecular complexity index is 3070. The summed E-state index contributed by atoms with van der Waals surface area (Å²) in [6.07, 6.45) is 9.53. The number of benzene rings is 4. The van der Waals surface area contributed by atoms with E-state index < -0.39 is 12.2 Å². The Morgan fingerprint density at radius 2 is 1.00 bits per heavy atom. The maximum atomic E-state index is 7.55. The number of pyridine rings is 2. The van der Waals surface area contributed by atoms with Crippen molar-refractivity contribution in [2.24, 2.45) is 23.7 Å². The zero-order chi connectivity index (χ0) is 49.0. The molecule has 0 saturated carbocycles. The summed E-state index contributed by atoms with van der Waals surface area (Å²) in [4.78, 5) is 26.2. The van der Waals surface area contributed by atoms with E-state index in [1.54, 1.807) is 14.2 Å². The van der Waals surface area contributed by atoms with Crippen molar-refractivity contribution in [1.29, 1.82) is 0 Å². The van der Waals surface area contributed by atoms with Crippen LogP contribution in [0.2, 0.25) is 0 Å². The molecule has 4 bridgehead atoms. The van der Waals surface area contributed by atoms with Crippen LogP contribution in [0.3, 0.4) is 0 Å². The molecule has 6 aliphatic heterocycles. The van der Waals surface area contributed by atoms with Crippen LogP contribution in [0.1, 0.15) is 75.7 Å². The lowest BCUT2D eigenvalue weighted by molar-refractivity contribution is -0.0505. The van der Waals surface area contributed by atoms with Gasteiger partial charge in [0.1, 0.15) is 23.7 Å². The summed E-state index contributed by atoms with van der Waals surface area (Å²) in [5.41, 5.74) is 7.87. The van der Waals surface area contributed by atoms with Crippen LogP contribution < -0.4 is 18.9 Å². The Morgan fingerprint density at radius 1 is 0.569 bits per heavy atom. The van der Waals surface area contributed by atoms with E-state index >= 15 is 0 Å². The Hall–Kier alpha value is -5.80. The summed E-state index contributed by atoms with van der Waals surface area (Å²) in [6.45, 7) is 8.72. The first-order valence-electron chi connectivity index (χ1n) is 25.5. The number of ether oxygens (including phenoxy) is 4. The topological polar surface area (TPSA) is 121 Å². The number of hydrogen-bond donors (Lipinski definition) is 0. The van der Waals surface area contributed by atoms with Crippen molar-refractivity contribution in [2.45, 2.75) is 76.7 Å². The molecule has 12 nitrogen and oxygen atoms in total. The third kappa shape index (κ3) is 8.75. The highest BCUT2D eigenvalue weighted by Gasteiger charge is 2.46. The van der Waals surface area contributed by atoms with Gasteiger partial charge in [-0.25, -0.2) is 9.97 Å². The number of nitrogens with zero attached hydrogens (tertiary/aromatic N) is 8. The first kappa shape index (κ1) is 47.2. The molecule has 10 heterocycles. The zero-order valence-corrected chi connectivity index (χ0v) is 44.2. The summed E-state index contributed by atoms with van der Waals surface area (Å²) >= 11 is 7.35. The molecule has 10 atom stereocenters.